The molecule has 1 heterocycles. The lowest BCUT2D eigenvalue weighted by Gasteiger charge is -2.26. The van der Waals surface area contributed by atoms with E-state index in [2.05, 4.69) is 14.9 Å². The molecular weight excluding hydrogens is 494 g/mol. The number of rotatable bonds is 7. The lowest BCUT2D eigenvalue weighted by atomic mass is 10.0. The number of nitrogens with zero attached hydrogens (tertiary/aromatic N) is 2. The molecule has 0 amide bonds. The van der Waals surface area contributed by atoms with Crippen LogP contribution in [0.3, 0.4) is 0 Å². The number of halogens is 5. The average molecular weight is 508 g/mol. The molecule has 2 unspecified atom stereocenters. The van der Waals surface area contributed by atoms with Gasteiger partial charge >= 0.3 is 17.4 Å². The SMILES string of the molecule is NC(Cc1ccccc1)(OC(=O)C(F)(F)F)c1nnc(S(=O)Cc2ccc(Cl)c(Cl)c2)o1. The van der Waals surface area contributed by atoms with E-state index in [9.17, 15) is 22.2 Å². The van der Waals surface area contributed by atoms with Gasteiger partial charge in [0.15, 0.2) is 0 Å². The predicted octanol–water partition coefficient (Wildman–Crippen LogP) is 4.14. The number of hydrogen-bond acceptors (Lipinski definition) is 7. The number of hydrogen-bond donors (Lipinski definition) is 1. The Morgan fingerprint density at radius 1 is 1.06 bits per heavy atom. The van der Waals surface area contributed by atoms with Crippen molar-refractivity contribution >= 4 is 40.0 Å². The Kier molecular flexibility index (Phi) is 7.23. The average Bonchev–Trinajstić information content (AvgIpc) is 3.22. The van der Waals surface area contributed by atoms with Gasteiger partial charge in [-0.3, -0.25) is 5.73 Å². The van der Waals surface area contributed by atoms with Gasteiger partial charge in [-0.25, -0.2) is 9.00 Å². The van der Waals surface area contributed by atoms with Crippen molar-refractivity contribution in [1.82, 2.24) is 10.2 Å². The first-order valence-electron chi connectivity index (χ1n) is 8.77. The number of benzene rings is 2. The summed E-state index contributed by atoms with van der Waals surface area (Å²) in [4.78, 5) is 11.5. The van der Waals surface area contributed by atoms with Crippen LogP contribution in [0, 0.1) is 0 Å². The van der Waals surface area contributed by atoms with Crippen LogP contribution in [0.25, 0.3) is 0 Å². The summed E-state index contributed by atoms with van der Waals surface area (Å²) in [6.07, 6.45) is -5.71. The van der Waals surface area contributed by atoms with Crippen molar-refractivity contribution in [2.75, 3.05) is 0 Å². The van der Waals surface area contributed by atoms with E-state index in [4.69, 9.17) is 33.4 Å². The summed E-state index contributed by atoms with van der Waals surface area (Å²) >= 11 is 11.8. The summed E-state index contributed by atoms with van der Waals surface area (Å²) < 4.78 is 60.8. The molecule has 0 saturated carbocycles. The third-order valence-electron chi connectivity index (χ3n) is 4.06. The van der Waals surface area contributed by atoms with Gasteiger partial charge in [0.05, 0.1) is 15.8 Å². The van der Waals surface area contributed by atoms with E-state index < -0.39 is 46.2 Å². The van der Waals surface area contributed by atoms with Gasteiger partial charge in [-0.15, -0.1) is 5.10 Å². The van der Waals surface area contributed by atoms with Crippen molar-refractivity contribution in [3.63, 3.8) is 0 Å². The molecule has 0 fully saturated rings. The molecule has 0 spiro atoms. The third kappa shape index (κ3) is 5.85. The second-order valence-corrected chi connectivity index (χ2v) is 8.69. The zero-order valence-corrected chi connectivity index (χ0v) is 18.3. The van der Waals surface area contributed by atoms with Crippen LogP contribution in [0.2, 0.25) is 10.0 Å². The summed E-state index contributed by atoms with van der Waals surface area (Å²) in [6, 6.07) is 12.6. The van der Waals surface area contributed by atoms with E-state index in [1.165, 1.54) is 12.1 Å². The smallest absolute Gasteiger partial charge is 0.427 e. The van der Waals surface area contributed by atoms with Crippen molar-refractivity contribution in [3.8, 4) is 0 Å². The second kappa shape index (κ2) is 9.57. The standard InChI is InChI=1S/C19H14Cl2F3N3O4S/c20-13-7-6-12(8-14(13)21)10-32(29)17-27-26-15(30-17)18(25,31-16(28)19(22,23)24)9-11-4-2-1-3-5-11/h1-8H,9-10,25H2. The fourth-order valence-electron chi connectivity index (χ4n) is 2.59. The van der Waals surface area contributed by atoms with Gasteiger partial charge in [-0.1, -0.05) is 64.7 Å². The molecule has 7 nitrogen and oxygen atoms in total. The van der Waals surface area contributed by atoms with Gasteiger partial charge < -0.3 is 9.15 Å². The highest BCUT2D eigenvalue weighted by molar-refractivity contribution is 7.84. The summed E-state index contributed by atoms with van der Waals surface area (Å²) in [5, 5.41) is 7.32. The van der Waals surface area contributed by atoms with E-state index >= 15 is 0 Å². The minimum Gasteiger partial charge on any atom is -0.427 e. The first kappa shape index (κ1) is 24.2. The molecule has 0 radical (unpaired) electrons. The normalized spacial score (nSPS) is 14.6. The molecule has 2 aromatic carbocycles. The zero-order chi connectivity index (χ0) is 23.5. The lowest BCUT2D eigenvalue weighted by molar-refractivity contribution is -0.217. The van der Waals surface area contributed by atoms with Crippen LogP contribution in [0.15, 0.2) is 58.2 Å². The molecule has 0 aliphatic heterocycles. The van der Waals surface area contributed by atoms with Crippen LogP contribution in [-0.4, -0.2) is 26.6 Å². The van der Waals surface area contributed by atoms with Gasteiger partial charge in [0.2, 0.25) is 5.72 Å². The largest absolute Gasteiger partial charge is 0.491 e. The number of ether oxygens (including phenoxy) is 1. The van der Waals surface area contributed by atoms with Crippen molar-refractivity contribution in [3.05, 3.63) is 75.6 Å². The topological polar surface area (TPSA) is 108 Å². The van der Waals surface area contributed by atoms with Gasteiger partial charge in [0.1, 0.15) is 10.8 Å². The zero-order valence-electron chi connectivity index (χ0n) is 15.9. The summed E-state index contributed by atoms with van der Waals surface area (Å²) in [5.41, 5.74) is 4.49. The Morgan fingerprint density at radius 2 is 1.75 bits per heavy atom. The van der Waals surface area contributed by atoms with Crippen LogP contribution in [0.4, 0.5) is 13.2 Å². The molecule has 2 atom stereocenters. The van der Waals surface area contributed by atoms with Crippen LogP contribution in [0.1, 0.15) is 17.0 Å². The highest BCUT2D eigenvalue weighted by Gasteiger charge is 2.48. The molecule has 170 valence electrons. The molecule has 0 saturated heterocycles. The molecule has 0 bridgehead atoms. The maximum atomic E-state index is 12.8. The fraction of sp³-hybridized carbons (Fsp3) is 0.211. The summed E-state index contributed by atoms with van der Waals surface area (Å²) in [7, 11) is -1.90. The Labute approximate surface area is 192 Å². The first-order chi connectivity index (χ1) is 15.0. The van der Waals surface area contributed by atoms with Gasteiger partial charge in [0, 0.05) is 6.42 Å². The number of aromatic nitrogens is 2. The molecule has 2 N–H and O–H groups in total. The molecule has 0 aliphatic rings. The van der Waals surface area contributed by atoms with E-state index in [1.54, 1.807) is 36.4 Å². The Morgan fingerprint density at radius 3 is 2.38 bits per heavy atom. The molecule has 1 aromatic heterocycles. The number of carbonyl (C=O) groups excluding carboxylic acids is 1. The molecule has 32 heavy (non-hydrogen) atoms. The van der Waals surface area contributed by atoms with Crippen molar-refractivity contribution in [1.29, 1.82) is 0 Å². The van der Waals surface area contributed by atoms with E-state index in [0.29, 0.717) is 16.1 Å². The highest BCUT2D eigenvalue weighted by Crippen LogP contribution is 2.29. The van der Waals surface area contributed by atoms with Crippen LogP contribution >= 0.6 is 23.2 Å². The van der Waals surface area contributed by atoms with Crippen LogP contribution in [-0.2, 0) is 38.2 Å². The molecule has 3 aromatic rings. The summed E-state index contributed by atoms with van der Waals surface area (Å²) in [6.45, 7) is 0. The first-order valence-corrected chi connectivity index (χ1v) is 10.8. The number of alkyl halides is 3. The van der Waals surface area contributed by atoms with Crippen molar-refractivity contribution in [2.45, 2.75) is 29.3 Å². The van der Waals surface area contributed by atoms with E-state index in [-0.39, 0.29) is 10.8 Å². The Balaban J connectivity index is 1.87. The molecular formula is C19H14Cl2F3N3O4S. The minimum absolute atomic E-state index is 0.100. The maximum absolute atomic E-state index is 12.8. The molecule has 13 heteroatoms. The predicted molar refractivity (Wildman–Crippen MR) is 109 cm³/mol. The second-order valence-electron chi connectivity index (χ2n) is 6.55. The Bertz CT molecular complexity index is 1140. The van der Waals surface area contributed by atoms with Crippen LogP contribution in [0.5, 0.6) is 0 Å². The molecule has 0 aliphatic carbocycles. The lowest BCUT2D eigenvalue weighted by Crippen LogP contribution is -2.47. The van der Waals surface area contributed by atoms with Gasteiger partial charge in [-0.2, -0.15) is 13.2 Å². The molecule has 3 rings (SSSR count). The maximum Gasteiger partial charge on any atom is 0.491 e. The monoisotopic (exact) mass is 507 g/mol. The number of nitrogens with two attached hydrogens (primary N) is 1. The fourth-order valence-corrected chi connectivity index (χ4v) is 3.82. The van der Waals surface area contributed by atoms with Crippen molar-refractivity contribution < 1.29 is 31.3 Å². The number of esters is 1. The third-order valence-corrected chi connectivity index (χ3v) is 5.95. The highest BCUT2D eigenvalue weighted by atomic mass is 35.5. The van der Waals surface area contributed by atoms with Gasteiger partial charge in [-0.05, 0) is 23.3 Å². The quantitative estimate of drug-likeness (QED) is 0.378. The van der Waals surface area contributed by atoms with E-state index in [0.717, 1.165) is 0 Å². The number of carbonyl (C=O) groups is 1. The summed E-state index contributed by atoms with van der Waals surface area (Å²) in [5.74, 6) is -3.28. The van der Waals surface area contributed by atoms with Gasteiger partial charge in [0.25, 0.3) is 5.89 Å². The van der Waals surface area contributed by atoms with E-state index in [1.807, 2.05) is 0 Å². The van der Waals surface area contributed by atoms with Crippen molar-refractivity contribution in [2.24, 2.45) is 5.73 Å². The Hall–Kier alpha value is -2.47. The minimum atomic E-state index is -5.30. The van der Waals surface area contributed by atoms with Crippen LogP contribution < -0.4 is 5.73 Å².